The van der Waals surface area contributed by atoms with Crippen molar-refractivity contribution in [3.05, 3.63) is 39.1 Å². The molecule has 0 fully saturated rings. The summed E-state index contributed by atoms with van der Waals surface area (Å²) in [5.74, 6) is 0.604. The predicted octanol–water partition coefficient (Wildman–Crippen LogP) is 2.06. The van der Waals surface area contributed by atoms with Gasteiger partial charge in [-0.05, 0) is 18.2 Å². The fraction of sp³-hybridized carbons (Fsp3) is 0.0909. The van der Waals surface area contributed by atoms with Crippen molar-refractivity contribution in [1.29, 1.82) is 5.26 Å². The third-order valence-electron chi connectivity index (χ3n) is 2.27. The van der Waals surface area contributed by atoms with Crippen LogP contribution in [-0.2, 0) is 0 Å². The Kier molecular flexibility index (Phi) is 2.55. The van der Waals surface area contributed by atoms with Crippen LogP contribution in [0.15, 0.2) is 23.0 Å². The lowest BCUT2D eigenvalue weighted by atomic mass is 10.1. The van der Waals surface area contributed by atoms with E-state index >= 15 is 0 Å². The van der Waals surface area contributed by atoms with E-state index in [1.807, 2.05) is 6.07 Å². The van der Waals surface area contributed by atoms with Crippen molar-refractivity contribution in [2.24, 2.45) is 0 Å². The van der Waals surface area contributed by atoms with Crippen LogP contribution in [-0.4, -0.2) is 12.1 Å². The molecule has 0 unspecified atom stereocenters. The number of hydrogen-bond donors (Lipinski definition) is 1. The molecule has 1 aromatic heterocycles. The summed E-state index contributed by atoms with van der Waals surface area (Å²) in [6.45, 7) is 0. The molecular formula is C11H7ClN2O2. The largest absolute Gasteiger partial charge is 0.497 e. The van der Waals surface area contributed by atoms with Gasteiger partial charge >= 0.3 is 0 Å². The number of nitrogens with zero attached hydrogens (tertiary/aromatic N) is 1. The molecule has 80 valence electrons. The molecule has 0 spiro atoms. The highest BCUT2D eigenvalue weighted by molar-refractivity contribution is 6.32. The fourth-order valence-electron chi connectivity index (χ4n) is 1.48. The van der Waals surface area contributed by atoms with Gasteiger partial charge in [0, 0.05) is 10.9 Å². The summed E-state index contributed by atoms with van der Waals surface area (Å²) in [5, 5.41) is 9.46. The number of hydrogen-bond acceptors (Lipinski definition) is 3. The Morgan fingerprint density at radius 2 is 2.25 bits per heavy atom. The summed E-state index contributed by atoms with van der Waals surface area (Å²) in [5.41, 5.74) is 0.266. The van der Waals surface area contributed by atoms with Crippen LogP contribution in [0, 0.1) is 11.3 Å². The van der Waals surface area contributed by atoms with Crippen LogP contribution in [0.25, 0.3) is 10.9 Å². The van der Waals surface area contributed by atoms with Gasteiger partial charge in [0.1, 0.15) is 16.8 Å². The van der Waals surface area contributed by atoms with Gasteiger partial charge in [-0.25, -0.2) is 0 Å². The van der Waals surface area contributed by atoms with Gasteiger partial charge in [0.05, 0.1) is 12.7 Å². The molecule has 0 aliphatic heterocycles. The highest BCUT2D eigenvalue weighted by Gasteiger charge is 2.10. The number of aromatic nitrogens is 1. The molecule has 5 heteroatoms. The SMILES string of the molecule is COc1ccc2[nH]c(=O)c(Cl)c(C#N)c2c1. The molecule has 1 aromatic carbocycles. The number of aromatic amines is 1. The van der Waals surface area contributed by atoms with Gasteiger partial charge in [0.25, 0.3) is 5.56 Å². The van der Waals surface area contributed by atoms with Crippen LogP contribution >= 0.6 is 11.6 Å². The van der Waals surface area contributed by atoms with Gasteiger partial charge in [-0.15, -0.1) is 0 Å². The Hall–Kier alpha value is -1.99. The molecule has 1 N–H and O–H groups in total. The topological polar surface area (TPSA) is 65.9 Å². The molecular weight excluding hydrogens is 228 g/mol. The van der Waals surface area contributed by atoms with Crippen LogP contribution in [0.2, 0.25) is 5.02 Å². The predicted molar refractivity (Wildman–Crippen MR) is 60.8 cm³/mol. The van der Waals surface area contributed by atoms with Gasteiger partial charge in [0.15, 0.2) is 0 Å². The quantitative estimate of drug-likeness (QED) is 0.821. The molecule has 16 heavy (non-hydrogen) atoms. The van der Waals surface area contributed by atoms with E-state index in [2.05, 4.69) is 4.98 Å². The summed E-state index contributed by atoms with van der Waals surface area (Å²) in [6, 6.07) is 6.96. The van der Waals surface area contributed by atoms with Crippen molar-refractivity contribution in [3.8, 4) is 11.8 Å². The molecule has 2 aromatic rings. The number of rotatable bonds is 1. The van der Waals surface area contributed by atoms with Gasteiger partial charge < -0.3 is 9.72 Å². The summed E-state index contributed by atoms with van der Waals surface area (Å²) in [4.78, 5) is 14.0. The number of pyridine rings is 1. The zero-order valence-electron chi connectivity index (χ0n) is 8.37. The molecule has 2 rings (SSSR count). The van der Waals surface area contributed by atoms with E-state index in [0.29, 0.717) is 16.7 Å². The van der Waals surface area contributed by atoms with E-state index in [4.69, 9.17) is 21.6 Å². The van der Waals surface area contributed by atoms with Crippen molar-refractivity contribution in [3.63, 3.8) is 0 Å². The molecule has 0 amide bonds. The maximum Gasteiger partial charge on any atom is 0.268 e. The summed E-state index contributed by atoms with van der Waals surface area (Å²) in [7, 11) is 1.53. The third-order valence-corrected chi connectivity index (χ3v) is 2.64. The zero-order valence-corrected chi connectivity index (χ0v) is 9.13. The lowest BCUT2D eigenvalue weighted by Crippen LogP contribution is -2.08. The van der Waals surface area contributed by atoms with Gasteiger partial charge in [0.2, 0.25) is 0 Å². The highest BCUT2D eigenvalue weighted by Crippen LogP contribution is 2.24. The second-order valence-corrected chi connectivity index (χ2v) is 3.54. The number of ether oxygens (including phenoxy) is 1. The fourth-order valence-corrected chi connectivity index (χ4v) is 1.68. The minimum Gasteiger partial charge on any atom is -0.497 e. The molecule has 0 bridgehead atoms. The number of H-pyrrole nitrogens is 1. The lowest BCUT2D eigenvalue weighted by molar-refractivity contribution is 0.415. The molecule has 0 saturated carbocycles. The average Bonchev–Trinajstić information content (AvgIpc) is 2.30. The first-order chi connectivity index (χ1) is 7.67. The Labute approximate surface area is 96.0 Å². The summed E-state index contributed by atoms with van der Waals surface area (Å²) < 4.78 is 5.05. The van der Waals surface area contributed by atoms with Crippen molar-refractivity contribution in [2.75, 3.05) is 7.11 Å². The minimum absolute atomic E-state index is 0.0942. The number of methoxy groups -OCH3 is 1. The van der Waals surface area contributed by atoms with E-state index in [-0.39, 0.29) is 10.6 Å². The van der Waals surface area contributed by atoms with E-state index in [1.165, 1.54) is 7.11 Å². The Morgan fingerprint density at radius 1 is 1.50 bits per heavy atom. The zero-order chi connectivity index (χ0) is 11.7. The highest BCUT2D eigenvalue weighted by atomic mass is 35.5. The Bertz CT molecular complexity index is 655. The molecule has 0 atom stereocenters. The standard InChI is InChI=1S/C11H7ClN2O2/c1-16-6-2-3-9-7(4-6)8(5-13)10(12)11(15)14-9/h2-4H,1H3,(H,14,15). The molecule has 0 radical (unpaired) electrons. The normalized spacial score (nSPS) is 10.1. The van der Waals surface area contributed by atoms with Crippen molar-refractivity contribution < 1.29 is 4.74 Å². The smallest absolute Gasteiger partial charge is 0.268 e. The number of fused-ring (bicyclic) bond motifs is 1. The first-order valence-corrected chi connectivity index (χ1v) is 4.85. The molecule has 0 aliphatic rings. The number of nitriles is 1. The third kappa shape index (κ3) is 1.51. The lowest BCUT2D eigenvalue weighted by Gasteiger charge is -2.04. The van der Waals surface area contributed by atoms with E-state index in [9.17, 15) is 4.79 Å². The van der Waals surface area contributed by atoms with E-state index < -0.39 is 5.56 Å². The number of benzene rings is 1. The van der Waals surface area contributed by atoms with Crippen LogP contribution in [0.5, 0.6) is 5.75 Å². The first kappa shape index (κ1) is 10.5. The molecule has 0 saturated heterocycles. The molecule has 0 aliphatic carbocycles. The van der Waals surface area contributed by atoms with Gasteiger partial charge in [-0.2, -0.15) is 5.26 Å². The Balaban J connectivity index is 2.94. The molecule has 4 nitrogen and oxygen atoms in total. The first-order valence-electron chi connectivity index (χ1n) is 4.47. The Morgan fingerprint density at radius 3 is 2.88 bits per heavy atom. The van der Waals surface area contributed by atoms with Crippen molar-refractivity contribution in [2.45, 2.75) is 0 Å². The van der Waals surface area contributed by atoms with Crippen LogP contribution < -0.4 is 10.3 Å². The monoisotopic (exact) mass is 234 g/mol. The summed E-state index contributed by atoms with van der Waals surface area (Å²) in [6.07, 6.45) is 0. The maximum atomic E-state index is 11.4. The van der Waals surface area contributed by atoms with E-state index in [1.54, 1.807) is 18.2 Å². The van der Waals surface area contributed by atoms with Gasteiger partial charge in [-0.1, -0.05) is 11.6 Å². The maximum absolute atomic E-state index is 11.4. The van der Waals surface area contributed by atoms with Crippen LogP contribution in [0.1, 0.15) is 5.56 Å². The second-order valence-electron chi connectivity index (χ2n) is 3.17. The number of halogens is 1. The number of nitrogens with one attached hydrogen (secondary N) is 1. The minimum atomic E-state index is -0.462. The van der Waals surface area contributed by atoms with Crippen LogP contribution in [0.4, 0.5) is 0 Å². The second kappa shape index (κ2) is 3.87. The van der Waals surface area contributed by atoms with E-state index in [0.717, 1.165) is 0 Å². The average molecular weight is 235 g/mol. The molecule has 1 heterocycles. The van der Waals surface area contributed by atoms with Gasteiger partial charge in [-0.3, -0.25) is 4.79 Å². The van der Waals surface area contributed by atoms with Crippen molar-refractivity contribution in [1.82, 2.24) is 4.98 Å². The van der Waals surface area contributed by atoms with Crippen molar-refractivity contribution >= 4 is 22.5 Å². The summed E-state index contributed by atoms with van der Waals surface area (Å²) >= 11 is 5.76. The van der Waals surface area contributed by atoms with Crippen LogP contribution in [0.3, 0.4) is 0 Å².